The van der Waals surface area contributed by atoms with Gasteiger partial charge in [0.2, 0.25) is 0 Å². The number of urea groups is 1. The van der Waals surface area contributed by atoms with Crippen LogP contribution in [0.4, 0.5) is 14.9 Å². The number of aromatic amines is 1. The maximum atomic E-state index is 14.6. The molecular weight excluding hydrogens is 535 g/mol. The number of nitrogens with two attached hydrogens (primary N) is 1. The minimum absolute atomic E-state index is 0.0290. The number of aliphatic hydroxyl groups is 1. The molecule has 3 aromatic carbocycles. The van der Waals surface area contributed by atoms with Crippen LogP contribution in [0.15, 0.2) is 66.5 Å². The van der Waals surface area contributed by atoms with Crippen molar-refractivity contribution in [2.45, 2.75) is 33.3 Å². The molecule has 1 aliphatic carbocycles. The predicted molar refractivity (Wildman–Crippen MR) is 160 cm³/mol. The number of carbonyl (C=O) groups is 3. The Kier molecular flexibility index (Phi) is 6.06. The van der Waals surface area contributed by atoms with Crippen LogP contribution in [-0.2, 0) is 10.4 Å². The Balaban J connectivity index is 1.61. The number of halogens is 1. The quantitative estimate of drug-likeness (QED) is 0.282. The van der Waals surface area contributed by atoms with E-state index < -0.39 is 35.2 Å². The minimum atomic E-state index is -1.08. The fourth-order valence-corrected chi connectivity index (χ4v) is 6.13. The van der Waals surface area contributed by atoms with Crippen molar-refractivity contribution >= 4 is 51.1 Å². The summed E-state index contributed by atoms with van der Waals surface area (Å²) < 4.78 is 15.8. The van der Waals surface area contributed by atoms with E-state index in [2.05, 4.69) is 4.98 Å². The molecule has 0 radical (unpaired) electrons. The predicted octanol–water partition coefficient (Wildman–Crippen LogP) is 5.52. The Labute approximate surface area is 241 Å². The Bertz CT molecular complexity index is 1990. The molecule has 6 rings (SSSR count). The largest absolute Gasteiger partial charge is 0.506 e. The van der Waals surface area contributed by atoms with E-state index >= 15 is 0 Å². The second kappa shape index (κ2) is 9.32. The molecule has 0 saturated heterocycles. The lowest BCUT2D eigenvalue weighted by molar-refractivity contribution is -0.395. The number of amides is 4. The van der Waals surface area contributed by atoms with Gasteiger partial charge in [-0.3, -0.25) is 4.79 Å². The zero-order chi connectivity index (χ0) is 30.2. The Morgan fingerprint density at radius 2 is 1.88 bits per heavy atom. The third-order valence-electron chi connectivity index (χ3n) is 8.27. The second-order valence-electron chi connectivity index (χ2n) is 11.4. The first-order chi connectivity index (χ1) is 19.8. The van der Waals surface area contributed by atoms with Crippen LogP contribution in [0.3, 0.4) is 0 Å². The van der Waals surface area contributed by atoms with Gasteiger partial charge in [-0.2, -0.15) is 9.37 Å². The first kappa shape index (κ1) is 27.3. The number of hydrogen-bond acceptors (Lipinski definition) is 4. The number of hydrogen-bond donors (Lipinski definition) is 3. The van der Waals surface area contributed by atoms with Crippen molar-refractivity contribution in [2.24, 2.45) is 11.7 Å². The molecule has 2 aliphatic rings. The van der Waals surface area contributed by atoms with Gasteiger partial charge in [-0.15, -0.1) is 4.90 Å². The Morgan fingerprint density at radius 1 is 1.14 bits per heavy atom. The molecule has 0 fully saturated rings. The summed E-state index contributed by atoms with van der Waals surface area (Å²) in [4.78, 5) is 44.1. The number of fused-ring (bicyclic) bond motifs is 4. The van der Waals surface area contributed by atoms with Crippen LogP contribution in [0.2, 0.25) is 0 Å². The average Bonchev–Trinajstić information content (AvgIpc) is 3.30. The highest BCUT2D eigenvalue weighted by molar-refractivity contribution is 6.27. The van der Waals surface area contributed by atoms with Gasteiger partial charge in [0.25, 0.3) is 5.91 Å². The van der Waals surface area contributed by atoms with Gasteiger partial charge in [-0.1, -0.05) is 36.4 Å². The van der Waals surface area contributed by atoms with Gasteiger partial charge in [0.1, 0.15) is 11.6 Å². The molecule has 8 nitrogen and oxygen atoms in total. The second-order valence-corrected chi connectivity index (χ2v) is 11.4. The number of rotatable bonds is 4. The number of benzene rings is 3. The zero-order valence-corrected chi connectivity index (χ0v) is 23.9. The number of allylic oxidation sites excluding steroid dienone is 3. The van der Waals surface area contributed by atoms with Crippen molar-refractivity contribution in [2.75, 3.05) is 11.9 Å². The fourth-order valence-electron chi connectivity index (χ4n) is 6.13. The smallest absolute Gasteiger partial charge is 0.386 e. The van der Waals surface area contributed by atoms with E-state index in [1.807, 2.05) is 38.1 Å². The molecule has 2 heterocycles. The number of imide groups is 1. The van der Waals surface area contributed by atoms with Crippen molar-refractivity contribution in [3.05, 3.63) is 88.8 Å². The summed E-state index contributed by atoms with van der Waals surface area (Å²) in [5.74, 6) is -2.67. The molecule has 0 spiro atoms. The maximum Gasteiger partial charge on any atom is 0.506 e. The molecule has 0 saturated carbocycles. The fraction of sp³-hybridized carbons (Fsp3) is 0.212. The van der Waals surface area contributed by atoms with E-state index in [9.17, 15) is 23.9 Å². The molecule has 42 heavy (non-hydrogen) atoms. The number of aromatic nitrogens is 1. The summed E-state index contributed by atoms with van der Waals surface area (Å²) in [6.45, 7) is 7.11. The topological polar surface area (TPSA) is 120 Å². The van der Waals surface area contributed by atoms with Crippen molar-refractivity contribution < 1.29 is 28.5 Å². The number of primary amides is 1. The van der Waals surface area contributed by atoms with Gasteiger partial charge in [0.05, 0.1) is 23.7 Å². The average molecular weight is 566 g/mol. The number of H-pyrrole nitrogens is 1. The molecule has 4 N–H and O–H groups in total. The summed E-state index contributed by atoms with van der Waals surface area (Å²) in [5.41, 5.74) is 10.4. The summed E-state index contributed by atoms with van der Waals surface area (Å²) in [6.07, 6.45) is 4.30. The lowest BCUT2D eigenvalue weighted by Crippen LogP contribution is -2.54. The number of aryl methyl sites for hydroxylation is 1. The van der Waals surface area contributed by atoms with E-state index in [1.54, 1.807) is 38.1 Å². The molecule has 1 aromatic heterocycles. The van der Waals surface area contributed by atoms with Gasteiger partial charge < -0.3 is 15.8 Å². The van der Waals surface area contributed by atoms with Crippen molar-refractivity contribution in [1.29, 1.82) is 0 Å². The Morgan fingerprint density at radius 3 is 2.57 bits per heavy atom. The van der Waals surface area contributed by atoms with Crippen molar-refractivity contribution in [1.82, 2.24) is 4.98 Å². The van der Waals surface area contributed by atoms with Crippen molar-refractivity contribution in [3.8, 4) is 11.1 Å². The van der Waals surface area contributed by atoms with Gasteiger partial charge in [0, 0.05) is 21.9 Å². The number of nitrogens with zero attached hydrogens (tertiary/aromatic N) is 2. The first-order valence-corrected chi connectivity index (χ1v) is 13.6. The summed E-state index contributed by atoms with van der Waals surface area (Å²) in [6, 6.07) is 12.0. The molecule has 0 bridgehead atoms. The van der Waals surface area contributed by atoms with Crippen LogP contribution in [-0.4, -0.2) is 45.3 Å². The monoisotopic (exact) mass is 565 g/mol. The molecular formula is C33H30FN4O4+. The van der Waals surface area contributed by atoms with E-state index in [0.29, 0.717) is 27.9 Å². The lowest BCUT2D eigenvalue weighted by atomic mass is 9.88. The summed E-state index contributed by atoms with van der Waals surface area (Å²) in [7, 11) is 1.46. The van der Waals surface area contributed by atoms with Crippen LogP contribution < -0.4 is 10.6 Å². The molecule has 1 aliphatic heterocycles. The molecule has 4 amide bonds. The number of nitrogens with one attached hydrogen (secondary N) is 1. The molecule has 1 unspecified atom stereocenters. The highest BCUT2D eigenvalue weighted by Gasteiger charge is 2.49. The van der Waals surface area contributed by atoms with Crippen LogP contribution in [0, 0.1) is 19.8 Å². The van der Waals surface area contributed by atoms with Crippen LogP contribution >= 0.6 is 0 Å². The maximum absolute atomic E-state index is 14.6. The summed E-state index contributed by atoms with van der Waals surface area (Å²) >= 11 is 0. The first-order valence-electron chi connectivity index (χ1n) is 13.6. The van der Waals surface area contributed by atoms with Gasteiger partial charge >= 0.3 is 11.9 Å². The molecule has 1 atom stereocenters. The molecule has 9 heteroatoms. The third kappa shape index (κ3) is 3.92. The van der Waals surface area contributed by atoms with E-state index in [0.717, 1.165) is 37.9 Å². The standard InChI is InChI=1S/C33H29FN4O4/c1-16-14-22(30(35)39)28-27(20-13-12-18(33(3,4)42)15-24(20)36-28)26(16)19-8-7-11-25(17(19)2)38-31(40)21-9-6-10-23(34)29(21)37(5)32(38)41/h6-15,21,42H,1-5H3,(H2-,35,36,39)/p+1. The van der Waals surface area contributed by atoms with E-state index in [-0.39, 0.29) is 5.71 Å². The zero-order valence-electron chi connectivity index (χ0n) is 23.9. The SMILES string of the molecule is Cc1cc(C(N)=O)c2[nH]c3cc(C(C)(C)O)ccc3c2c1-c1cccc(N2C(=O)C3C=CC=C(F)C3=[N+](C)C2=O)c1C. The Hall–Kier alpha value is -4.89. The van der Waals surface area contributed by atoms with E-state index in [4.69, 9.17) is 5.73 Å². The van der Waals surface area contributed by atoms with Gasteiger partial charge in [-0.25, -0.2) is 9.18 Å². The number of carbonyl (C=O) groups excluding carboxylic acids is 3. The highest BCUT2D eigenvalue weighted by Crippen LogP contribution is 2.43. The van der Waals surface area contributed by atoms with Gasteiger partial charge in [0.15, 0.2) is 11.5 Å². The lowest BCUT2D eigenvalue weighted by Gasteiger charge is -2.27. The van der Waals surface area contributed by atoms with Crippen LogP contribution in [0.1, 0.15) is 40.9 Å². The van der Waals surface area contributed by atoms with Crippen LogP contribution in [0.5, 0.6) is 0 Å². The van der Waals surface area contributed by atoms with Crippen LogP contribution in [0.25, 0.3) is 32.9 Å². The minimum Gasteiger partial charge on any atom is -0.386 e. The highest BCUT2D eigenvalue weighted by atomic mass is 19.1. The third-order valence-corrected chi connectivity index (χ3v) is 8.27. The van der Waals surface area contributed by atoms with E-state index in [1.165, 1.54) is 23.8 Å². The molecule has 4 aromatic rings. The number of anilines is 1. The summed E-state index contributed by atoms with van der Waals surface area (Å²) in [5, 5.41) is 12.2. The molecule has 212 valence electrons. The normalized spacial score (nSPS) is 17.4. The van der Waals surface area contributed by atoms with Crippen molar-refractivity contribution in [3.63, 3.8) is 0 Å². The van der Waals surface area contributed by atoms with Gasteiger partial charge in [-0.05, 0) is 74.2 Å².